The quantitative estimate of drug-likeness (QED) is 0.609. The summed E-state index contributed by atoms with van der Waals surface area (Å²) in [7, 11) is 0. The van der Waals surface area contributed by atoms with Crippen LogP contribution in [-0.4, -0.2) is 35.8 Å². The van der Waals surface area contributed by atoms with Crippen LogP contribution in [0.4, 0.5) is 10.1 Å². The number of nitrogens with zero attached hydrogens (tertiary/aromatic N) is 2. The average Bonchev–Trinajstić information content (AvgIpc) is 3.11. The first-order valence-electron chi connectivity index (χ1n) is 8.25. The van der Waals surface area contributed by atoms with Crippen molar-refractivity contribution < 1.29 is 14.0 Å². The van der Waals surface area contributed by atoms with Gasteiger partial charge in [-0.3, -0.25) is 14.5 Å². The smallest absolute Gasteiger partial charge is 0.251 e. The molecule has 0 N–H and O–H groups in total. The molecule has 4 rings (SSSR count). The summed E-state index contributed by atoms with van der Waals surface area (Å²) >= 11 is 5.79. The molecule has 2 aliphatic heterocycles. The molecular weight excluding hydrogens is 331 g/mol. The highest BCUT2D eigenvalue weighted by atomic mass is 35.5. The molecule has 4 nitrogen and oxygen atoms in total. The molecule has 0 radical (unpaired) electrons. The largest absolute Gasteiger partial charge is 0.291 e. The van der Waals surface area contributed by atoms with Crippen LogP contribution in [0.5, 0.6) is 0 Å². The van der Waals surface area contributed by atoms with E-state index in [4.69, 9.17) is 11.6 Å². The Morgan fingerprint density at radius 3 is 2.38 bits per heavy atom. The van der Waals surface area contributed by atoms with Gasteiger partial charge in [-0.25, -0.2) is 9.29 Å². The van der Waals surface area contributed by atoms with Crippen molar-refractivity contribution in [2.45, 2.75) is 25.3 Å². The van der Waals surface area contributed by atoms with Gasteiger partial charge in [-0.05, 0) is 42.9 Å². The maximum absolute atomic E-state index is 13.3. The molecule has 0 saturated carbocycles. The molecule has 1 aromatic rings. The lowest BCUT2D eigenvalue weighted by Gasteiger charge is -2.22. The highest BCUT2D eigenvalue weighted by Crippen LogP contribution is 2.36. The van der Waals surface area contributed by atoms with Crippen LogP contribution in [0.2, 0.25) is 5.02 Å². The molecule has 1 aromatic carbocycles. The molecule has 6 heteroatoms. The Morgan fingerprint density at radius 2 is 1.75 bits per heavy atom. The van der Waals surface area contributed by atoms with Crippen molar-refractivity contribution in [2.75, 3.05) is 18.0 Å². The van der Waals surface area contributed by atoms with E-state index < -0.39 is 11.9 Å². The number of imide groups is 1. The molecule has 3 atom stereocenters. The second-order valence-corrected chi connectivity index (χ2v) is 7.21. The first-order valence-corrected chi connectivity index (χ1v) is 8.63. The fourth-order valence-electron chi connectivity index (χ4n) is 4.10. The van der Waals surface area contributed by atoms with Crippen LogP contribution in [0.15, 0.2) is 30.4 Å². The molecule has 3 aliphatic rings. The minimum Gasteiger partial charge on any atom is -0.291 e. The number of likely N-dealkylation sites (tertiary alicyclic amines) is 1. The summed E-state index contributed by atoms with van der Waals surface area (Å²) in [6, 6.07) is 3.53. The lowest BCUT2D eigenvalue weighted by atomic mass is 9.86. The molecule has 2 fully saturated rings. The number of benzene rings is 1. The predicted octanol–water partition coefficient (Wildman–Crippen LogP) is 3.01. The summed E-state index contributed by atoms with van der Waals surface area (Å²) in [6.07, 6.45) is 6.69. The van der Waals surface area contributed by atoms with E-state index in [2.05, 4.69) is 17.1 Å². The van der Waals surface area contributed by atoms with Crippen molar-refractivity contribution in [3.63, 3.8) is 0 Å². The van der Waals surface area contributed by atoms with Crippen LogP contribution in [0.3, 0.4) is 0 Å². The number of allylic oxidation sites excluding steroid dienone is 2. The highest BCUT2D eigenvalue weighted by molar-refractivity contribution is 6.31. The molecule has 0 bridgehead atoms. The van der Waals surface area contributed by atoms with Gasteiger partial charge in [0.1, 0.15) is 5.82 Å². The summed E-state index contributed by atoms with van der Waals surface area (Å²) in [5.41, 5.74) is 0.345. The van der Waals surface area contributed by atoms with E-state index in [9.17, 15) is 14.0 Å². The van der Waals surface area contributed by atoms with Crippen LogP contribution in [0, 0.1) is 17.7 Å². The van der Waals surface area contributed by atoms with Gasteiger partial charge in [0.25, 0.3) is 5.91 Å². The van der Waals surface area contributed by atoms with Crippen molar-refractivity contribution in [1.29, 1.82) is 0 Å². The monoisotopic (exact) mass is 348 g/mol. The van der Waals surface area contributed by atoms with Gasteiger partial charge >= 0.3 is 0 Å². The Morgan fingerprint density at radius 1 is 1.08 bits per heavy atom. The molecule has 126 valence electrons. The molecule has 2 amide bonds. The van der Waals surface area contributed by atoms with Gasteiger partial charge in [0, 0.05) is 13.1 Å². The fourth-order valence-corrected chi connectivity index (χ4v) is 4.28. The van der Waals surface area contributed by atoms with E-state index in [0.717, 1.165) is 30.8 Å². The van der Waals surface area contributed by atoms with Crippen molar-refractivity contribution in [3.8, 4) is 0 Å². The molecule has 2 heterocycles. The maximum Gasteiger partial charge on any atom is 0.251 e. The molecule has 0 aromatic heterocycles. The predicted molar refractivity (Wildman–Crippen MR) is 89.2 cm³/mol. The van der Waals surface area contributed by atoms with Crippen LogP contribution in [0.25, 0.3) is 0 Å². The van der Waals surface area contributed by atoms with Gasteiger partial charge in [0.05, 0.1) is 23.2 Å². The van der Waals surface area contributed by atoms with Crippen molar-refractivity contribution in [1.82, 2.24) is 4.90 Å². The van der Waals surface area contributed by atoms with Gasteiger partial charge in [-0.15, -0.1) is 0 Å². The molecular formula is C18H18ClFN2O2. The van der Waals surface area contributed by atoms with Gasteiger partial charge in [0.2, 0.25) is 5.91 Å². The number of amides is 2. The number of carbonyl (C=O) groups excluding carboxylic acids is 2. The third-order valence-corrected chi connectivity index (χ3v) is 5.66. The lowest BCUT2D eigenvalue weighted by Crippen LogP contribution is -2.41. The van der Waals surface area contributed by atoms with Crippen LogP contribution >= 0.6 is 11.6 Å². The normalized spacial score (nSPS) is 30.2. The third kappa shape index (κ3) is 2.56. The average molecular weight is 349 g/mol. The van der Waals surface area contributed by atoms with Gasteiger partial charge in [0.15, 0.2) is 0 Å². The number of rotatable bonds is 2. The van der Waals surface area contributed by atoms with Crippen molar-refractivity contribution in [3.05, 3.63) is 41.2 Å². The van der Waals surface area contributed by atoms with E-state index in [1.807, 2.05) is 0 Å². The Kier molecular flexibility index (Phi) is 3.93. The number of halogens is 2. The van der Waals surface area contributed by atoms with E-state index in [-0.39, 0.29) is 23.3 Å². The first kappa shape index (κ1) is 15.8. The fraction of sp³-hybridized carbons (Fsp3) is 0.444. The van der Waals surface area contributed by atoms with Gasteiger partial charge < -0.3 is 0 Å². The van der Waals surface area contributed by atoms with E-state index in [1.54, 1.807) is 0 Å². The zero-order valence-corrected chi connectivity index (χ0v) is 13.9. The van der Waals surface area contributed by atoms with Gasteiger partial charge in [-0.2, -0.15) is 0 Å². The molecule has 2 saturated heterocycles. The number of carbonyl (C=O) groups is 2. The van der Waals surface area contributed by atoms with Crippen LogP contribution in [-0.2, 0) is 9.59 Å². The Labute approximate surface area is 144 Å². The minimum atomic E-state index is -0.563. The number of fused-ring (bicyclic) bond motifs is 1. The Balaban J connectivity index is 1.54. The zero-order chi connectivity index (χ0) is 16.8. The summed E-state index contributed by atoms with van der Waals surface area (Å²) in [4.78, 5) is 28.5. The summed E-state index contributed by atoms with van der Waals surface area (Å²) in [5.74, 6) is 0.113. The van der Waals surface area contributed by atoms with Crippen LogP contribution < -0.4 is 4.90 Å². The second kappa shape index (κ2) is 5.97. The van der Waals surface area contributed by atoms with E-state index >= 15 is 0 Å². The lowest BCUT2D eigenvalue weighted by molar-refractivity contribution is -0.122. The van der Waals surface area contributed by atoms with Gasteiger partial charge in [-0.1, -0.05) is 23.8 Å². The zero-order valence-electron chi connectivity index (χ0n) is 13.1. The standard InChI is InChI=1S/C18H18ClFN2O2/c19-14-7-13(5-6-15(14)20)22-17(23)8-16(18(22)24)21-9-11-3-1-2-4-12(11)10-21/h1-2,5-7,11-12,16H,3-4,8-10H2/t11-,12+,16?. The number of hydrogen-bond donors (Lipinski definition) is 0. The number of anilines is 1. The Bertz CT molecular complexity index is 720. The highest BCUT2D eigenvalue weighted by Gasteiger charge is 2.46. The van der Waals surface area contributed by atoms with Crippen molar-refractivity contribution >= 4 is 29.1 Å². The molecule has 1 aliphatic carbocycles. The maximum atomic E-state index is 13.3. The third-order valence-electron chi connectivity index (χ3n) is 5.37. The van der Waals surface area contributed by atoms with E-state index in [0.29, 0.717) is 17.5 Å². The Hall–Kier alpha value is -1.72. The summed E-state index contributed by atoms with van der Waals surface area (Å²) in [6.45, 7) is 1.72. The minimum absolute atomic E-state index is 0.0881. The first-order chi connectivity index (χ1) is 11.5. The van der Waals surface area contributed by atoms with Crippen LogP contribution in [0.1, 0.15) is 19.3 Å². The SMILES string of the molecule is O=C1CC(N2C[C@H]3CC=CC[C@H]3C2)C(=O)N1c1ccc(F)c(Cl)c1. The molecule has 24 heavy (non-hydrogen) atoms. The number of hydrogen-bond acceptors (Lipinski definition) is 3. The summed E-state index contributed by atoms with van der Waals surface area (Å²) < 4.78 is 13.3. The topological polar surface area (TPSA) is 40.6 Å². The molecule has 0 spiro atoms. The second-order valence-electron chi connectivity index (χ2n) is 6.80. The van der Waals surface area contributed by atoms with E-state index in [1.165, 1.54) is 18.2 Å². The van der Waals surface area contributed by atoms with Crippen molar-refractivity contribution in [2.24, 2.45) is 11.8 Å². The summed E-state index contributed by atoms with van der Waals surface area (Å²) in [5, 5.41) is -0.0881. The molecule has 1 unspecified atom stereocenters.